The predicted octanol–water partition coefficient (Wildman–Crippen LogP) is 2.78. The molecule has 1 N–H and O–H groups in total. The first-order chi connectivity index (χ1) is 10.2. The molecule has 1 saturated heterocycles. The molecule has 112 valence electrons. The van der Waals surface area contributed by atoms with Crippen LogP contribution >= 0.6 is 0 Å². The molecule has 2 heterocycles. The molecule has 1 fully saturated rings. The number of benzene rings is 1. The minimum atomic E-state index is 0.197. The van der Waals surface area contributed by atoms with Gasteiger partial charge in [0.25, 0.3) is 0 Å². The molecule has 4 nitrogen and oxygen atoms in total. The molecule has 0 bridgehead atoms. The number of amides is 1. The van der Waals surface area contributed by atoms with Crippen molar-refractivity contribution in [3.63, 3.8) is 0 Å². The van der Waals surface area contributed by atoms with E-state index in [1.165, 1.54) is 6.42 Å². The first-order valence-electron chi connectivity index (χ1n) is 7.64. The second kappa shape index (κ2) is 6.31. The molecule has 1 aliphatic heterocycles. The maximum absolute atomic E-state index is 12.2. The van der Waals surface area contributed by atoms with Crippen molar-refractivity contribution in [2.24, 2.45) is 5.92 Å². The van der Waals surface area contributed by atoms with Crippen LogP contribution in [0.2, 0.25) is 0 Å². The first-order valence-corrected chi connectivity index (χ1v) is 7.64. The number of hydrogen-bond donors (Lipinski definition) is 1. The molecule has 1 amide bonds. The van der Waals surface area contributed by atoms with Gasteiger partial charge < -0.3 is 14.6 Å². The molecule has 0 aliphatic carbocycles. The first kappa shape index (κ1) is 14.1. The number of furan rings is 1. The molecule has 1 aromatic heterocycles. The molecule has 4 heteroatoms. The molecule has 1 atom stereocenters. The van der Waals surface area contributed by atoms with Crippen molar-refractivity contribution in [1.82, 2.24) is 10.2 Å². The summed E-state index contributed by atoms with van der Waals surface area (Å²) in [6.07, 6.45) is 2.81. The fraction of sp³-hybridized carbons (Fsp3) is 0.471. The smallest absolute Gasteiger partial charge is 0.222 e. The average molecular weight is 286 g/mol. The van der Waals surface area contributed by atoms with Crippen LogP contribution in [0.15, 0.2) is 34.7 Å². The van der Waals surface area contributed by atoms with Crippen LogP contribution < -0.4 is 5.32 Å². The Bertz CT molecular complexity index is 581. The van der Waals surface area contributed by atoms with Gasteiger partial charge in [-0.05, 0) is 44.0 Å². The number of fused-ring (bicyclic) bond motifs is 1. The third-order valence-electron chi connectivity index (χ3n) is 4.22. The van der Waals surface area contributed by atoms with Crippen LogP contribution in [0.5, 0.6) is 0 Å². The van der Waals surface area contributed by atoms with Crippen LogP contribution in [0.4, 0.5) is 0 Å². The van der Waals surface area contributed by atoms with Crippen molar-refractivity contribution in [3.05, 3.63) is 36.1 Å². The molecule has 0 saturated carbocycles. The predicted molar refractivity (Wildman–Crippen MR) is 82.9 cm³/mol. The van der Waals surface area contributed by atoms with Crippen molar-refractivity contribution in [2.45, 2.75) is 25.8 Å². The minimum absolute atomic E-state index is 0.197. The van der Waals surface area contributed by atoms with E-state index >= 15 is 0 Å². The summed E-state index contributed by atoms with van der Waals surface area (Å²) in [5, 5.41) is 4.43. The summed E-state index contributed by atoms with van der Waals surface area (Å²) in [5.74, 6) is 1.70. The Morgan fingerprint density at radius 1 is 1.43 bits per heavy atom. The van der Waals surface area contributed by atoms with E-state index in [2.05, 4.69) is 5.32 Å². The van der Waals surface area contributed by atoms with Crippen LogP contribution in [0.25, 0.3) is 11.0 Å². The topological polar surface area (TPSA) is 45.5 Å². The summed E-state index contributed by atoms with van der Waals surface area (Å²) >= 11 is 0. The zero-order valence-corrected chi connectivity index (χ0v) is 12.5. The van der Waals surface area contributed by atoms with Gasteiger partial charge in [-0.1, -0.05) is 18.2 Å². The second-order valence-corrected chi connectivity index (χ2v) is 5.90. The van der Waals surface area contributed by atoms with Crippen molar-refractivity contribution >= 4 is 16.9 Å². The summed E-state index contributed by atoms with van der Waals surface area (Å²) < 4.78 is 5.76. The van der Waals surface area contributed by atoms with E-state index in [1.807, 2.05) is 37.4 Å². The molecule has 1 aliphatic rings. The lowest BCUT2D eigenvalue weighted by atomic mass is 10.0. The molecule has 2 aromatic rings. The van der Waals surface area contributed by atoms with Gasteiger partial charge in [-0.15, -0.1) is 0 Å². The van der Waals surface area contributed by atoms with Gasteiger partial charge in [-0.3, -0.25) is 4.79 Å². The third kappa shape index (κ3) is 3.45. The van der Waals surface area contributed by atoms with Crippen molar-refractivity contribution in [2.75, 3.05) is 20.1 Å². The Kier molecular flexibility index (Phi) is 4.25. The summed E-state index contributed by atoms with van der Waals surface area (Å²) in [6.45, 7) is 2.69. The van der Waals surface area contributed by atoms with Crippen LogP contribution in [-0.2, 0) is 11.3 Å². The monoisotopic (exact) mass is 286 g/mol. The summed E-state index contributed by atoms with van der Waals surface area (Å²) in [4.78, 5) is 13.9. The molecule has 3 rings (SSSR count). The van der Waals surface area contributed by atoms with Crippen LogP contribution in [-0.4, -0.2) is 30.9 Å². The van der Waals surface area contributed by atoms with Crippen LogP contribution in [0.3, 0.4) is 0 Å². The molecule has 1 unspecified atom stereocenters. The van der Waals surface area contributed by atoms with Crippen LogP contribution in [0.1, 0.15) is 25.0 Å². The highest BCUT2D eigenvalue weighted by atomic mass is 16.3. The summed E-state index contributed by atoms with van der Waals surface area (Å²) in [7, 11) is 1.85. The molecular formula is C17H22N2O2. The Morgan fingerprint density at radius 2 is 2.29 bits per heavy atom. The number of carbonyl (C=O) groups is 1. The average Bonchev–Trinajstić information content (AvgIpc) is 3.13. The number of hydrogen-bond acceptors (Lipinski definition) is 3. The molecule has 21 heavy (non-hydrogen) atoms. The zero-order valence-electron chi connectivity index (χ0n) is 12.5. The van der Waals surface area contributed by atoms with E-state index in [1.54, 1.807) is 4.90 Å². The highest BCUT2D eigenvalue weighted by Gasteiger charge is 2.18. The van der Waals surface area contributed by atoms with E-state index in [9.17, 15) is 4.79 Å². The highest BCUT2D eigenvalue weighted by Crippen LogP contribution is 2.20. The summed E-state index contributed by atoms with van der Waals surface area (Å²) in [5.41, 5.74) is 0.880. The SMILES string of the molecule is CN(Cc1cc2ccccc2o1)C(=O)CCC1CCNC1. The van der Waals surface area contributed by atoms with E-state index in [4.69, 9.17) is 4.42 Å². The van der Waals surface area contributed by atoms with Gasteiger partial charge in [0, 0.05) is 18.9 Å². The number of rotatable bonds is 5. The van der Waals surface area contributed by atoms with Gasteiger partial charge in [0.15, 0.2) is 0 Å². The zero-order chi connectivity index (χ0) is 14.7. The van der Waals surface area contributed by atoms with Gasteiger partial charge in [0.05, 0.1) is 6.54 Å². The lowest BCUT2D eigenvalue weighted by molar-refractivity contribution is -0.130. The molecular weight excluding hydrogens is 264 g/mol. The van der Waals surface area contributed by atoms with Gasteiger partial charge in [0.1, 0.15) is 11.3 Å². The lowest BCUT2D eigenvalue weighted by Crippen LogP contribution is -2.26. The van der Waals surface area contributed by atoms with Crippen molar-refractivity contribution in [3.8, 4) is 0 Å². The maximum atomic E-state index is 12.2. The minimum Gasteiger partial charge on any atom is -0.459 e. The van der Waals surface area contributed by atoms with E-state index in [0.717, 1.165) is 36.2 Å². The Labute approximate surface area is 125 Å². The fourth-order valence-corrected chi connectivity index (χ4v) is 2.92. The highest BCUT2D eigenvalue weighted by molar-refractivity contribution is 5.78. The fourth-order valence-electron chi connectivity index (χ4n) is 2.92. The quantitative estimate of drug-likeness (QED) is 0.919. The van der Waals surface area contributed by atoms with E-state index in [-0.39, 0.29) is 5.91 Å². The number of nitrogens with zero attached hydrogens (tertiary/aromatic N) is 1. The van der Waals surface area contributed by atoms with Crippen LogP contribution in [0, 0.1) is 5.92 Å². The Morgan fingerprint density at radius 3 is 3.05 bits per heavy atom. The van der Waals surface area contributed by atoms with E-state index < -0.39 is 0 Å². The number of para-hydroxylation sites is 1. The third-order valence-corrected chi connectivity index (χ3v) is 4.22. The maximum Gasteiger partial charge on any atom is 0.222 e. The van der Waals surface area contributed by atoms with E-state index in [0.29, 0.717) is 18.9 Å². The standard InChI is InChI=1S/C17H22N2O2/c1-19(17(20)7-6-13-8-9-18-11-13)12-15-10-14-4-2-3-5-16(14)21-15/h2-5,10,13,18H,6-9,11-12H2,1H3. The molecule has 1 aromatic carbocycles. The van der Waals surface area contributed by atoms with Crippen molar-refractivity contribution in [1.29, 1.82) is 0 Å². The van der Waals surface area contributed by atoms with Gasteiger partial charge in [-0.25, -0.2) is 0 Å². The molecule has 0 spiro atoms. The summed E-state index contributed by atoms with van der Waals surface area (Å²) in [6, 6.07) is 9.94. The van der Waals surface area contributed by atoms with Gasteiger partial charge >= 0.3 is 0 Å². The number of nitrogens with one attached hydrogen (secondary N) is 1. The normalized spacial score (nSPS) is 18.2. The largest absolute Gasteiger partial charge is 0.459 e. The van der Waals surface area contributed by atoms with Gasteiger partial charge in [0.2, 0.25) is 5.91 Å². The Balaban J connectivity index is 1.54. The van der Waals surface area contributed by atoms with Crippen molar-refractivity contribution < 1.29 is 9.21 Å². The Hall–Kier alpha value is -1.81. The number of carbonyl (C=O) groups excluding carboxylic acids is 1. The lowest BCUT2D eigenvalue weighted by Gasteiger charge is -2.16. The molecule has 0 radical (unpaired) electrons. The second-order valence-electron chi connectivity index (χ2n) is 5.90. The van der Waals surface area contributed by atoms with Gasteiger partial charge in [-0.2, -0.15) is 0 Å².